The normalized spacial score (nSPS) is 20.4. The molecule has 1 fully saturated rings. The summed E-state index contributed by atoms with van der Waals surface area (Å²) in [7, 11) is 0. The van der Waals surface area contributed by atoms with Gasteiger partial charge in [-0.1, -0.05) is 0 Å². The van der Waals surface area contributed by atoms with Crippen LogP contribution in [0.4, 0.5) is 10.1 Å². The minimum absolute atomic E-state index is 0.159. The summed E-state index contributed by atoms with van der Waals surface area (Å²) in [5.41, 5.74) is 1.08. The molecule has 0 saturated carbocycles. The van der Waals surface area contributed by atoms with Crippen molar-refractivity contribution in [2.24, 2.45) is 5.92 Å². The van der Waals surface area contributed by atoms with E-state index >= 15 is 0 Å². The fourth-order valence-electron chi connectivity index (χ4n) is 2.30. The van der Waals surface area contributed by atoms with Crippen LogP contribution in [0.25, 0.3) is 0 Å². The van der Waals surface area contributed by atoms with E-state index in [0.29, 0.717) is 11.8 Å². The van der Waals surface area contributed by atoms with Crippen LogP contribution in [0.2, 0.25) is 0 Å². The number of benzene rings is 1. The number of carbonyl (C=O) groups is 1. The number of carbonyl (C=O) groups excluding carboxylic acids is 1. The predicted molar refractivity (Wildman–Crippen MR) is 63.8 cm³/mol. The van der Waals surface area contributed by atoms with E-state index in [1.807, 2.05) is 4.90 Å². The molecule has 1 aromatic rings. The monoisotopic (exact) mass is 237 g/mol. The smallest absolute Gasteiger partial charge is 0.150 e. The molecule has 0 radical (unpaired) electrons. The molecular weight excluding hydrogens is 221 g/mol. The van der Waals surface area contributed by atoms with Gasteiger partial charge < -0.3 is 10.0 Å². The second kappa shape index (κ2) is 5.27. The van der Waals surface area contributed by atoms with Crippen LogP contribution in [-0.2, 0) is 0 Å². The summed E-state index contributed by atoms with van der Waals surface area (Å²) in [4.78, 5) is 12.7. The van der Waals surface area contributed by atoms with Crippen LogP contribution in [0, 0.1) is 11.7 Å². The Morgan fingerprint density at radius 1 is 1.47 bits per heavy atom. The van der Waals surface area contributed by atoms with Crippen LogP contribution in [0.15, 0.2) is 18.2 Å². The molecule has 17 heavy (non-hydrogen) atoms. The third kappa shape index (κ3) is 2.82. The van der Waals surface area contributed by atoms with Crippen LogP contribution in [0.3, 0.4) is 0 Å². The van der Waals surface area contributed by atoms with Crippen molar-refractivity contribution in [1.29, 1.82) is 0 Å². The summed E-state index contributed by atoms with van der Waals surface area (Å²) < 4.78 is 13.3. The highest BCUT2D eigenvalue weighted by molar-refractivity contribution is 5.77. The Balaban J connectivity index is 2.20. The molecule has 1 atom stereocenters. The zero-order valence-electron chi connectivity index (χ0n) is 9.60. The minimum Gasteiger partial charge on any atom is -0.396 e. The van der Waals surface area contributed by atoms with E-state index in [-0.39, 0.29) is 12.5 Å². The first-order valence-corrected chi connectivity index (χ1v) is 5.84. The summed E-state index contributed by atoms with van der Waals surface area (Å²) in [5.74, 6) is -0.151. The fraction of sp³-hybridized carbons (Fsp3) is 0.462. The largest absolute Gasteiger partial charge is 0.396 e. The van der Waals surface area contributed by atoms with Crippen molar-refractivity contribution >= 4 is 12.0 Å². The lowest BCUT2D eigenvalue weighted by atomic mass is 9.98. The molecule has 1 heterocycles. The summed E-state index contributed by atoms with van der Waals surface area (Å²) in [6.45, 7) is 1.73. The number of aliphatic hydroxyl groups excluding tert-OH is 1. The Morgan fingerprint density at radius 3 is 3.00 bits per heavy atom. The fourth-order valence-corrected chi connectivity index (χ4v) is 2.30. The average Bonchev–Trinajstić information content (AvgIpc) is 2.38. The Kier molecular flexibility index (Phi) is 3.74. The molecule has 1 N–H and O–H groups in total. The van der Waals surface area contributed by atoms with E-state index in [0.717, 1.165) is 31.6 Å². The minimum atomic E-state index is -0.393. The van der Waals surface area contributed by atoms with Gasteiger partial charge in [-0.3, -0.25) is 4.79 Å². The molecule has 1 saturated heterocycles. The quantitative estimate of drug-likeness (QED) is 0.816. The molecule has 0 bridgehead atoms. The number of hydrogen-bond acceptors (Lipinski definition) is 3. The Labute approximate surface area is 99.9 Å². The van der Waals surface area contributed by atoms with Gasteiger partial charge in [0.25, 0.3) is 0 Å². The van der Waals surface area contributed by atoms with Crippen LogP contribution in [0.1, 0.15) is 23.2 Å². The lowest BCUT2D eigenvalue weighted by Crippen LogP contribution is -2.36. The van der Waals surface area contributed by atoms with E-state index in [9.17, 15) is 9.18 Å². The molecule has 0 spiro atoms. The van der Waals surface area contributed by atoms with E-state index in [1.54, 1.807) is 6.07 Å². The highest BCUT2D eigenvalue weighted by Gasteiger charge is 2.20. The van der Waals surface area contributed by atoms with Gasteiger partial charge in [0.2, 0.25) is 0 Å². The maximum atomic E-state index is 13.3. The number of hydrogen-bond donors (Lipinski definition) is 1. The summed E-state index contributed by atoms with van der Waals surface area (Å²) >= 11 is 0. The van der Waals surface area contributed by atoms with Gasteiger partial charge >= 0.3 is 0 Å². The van der Waals surface area contributed by atoms with Gasteiger partial charge in [0.1, 0.15) is 12.1 Å². The third-order valence-electron chi connectivity index (χ3n) is 3.18. The molecule has 4 heteroatoms. The number of aldehydes is 1. The van der Waals surface area contributed by atoms with Crippen molar-refractivity contribution in [2.75, 3.05) is 24.6 Å². The van der Waals surface area contributed by atoms with Crippen molar-refractivity contribution in [3.8, 4) is 0 Å². The van der Waals surface area contributed by atoms with Gasteiger partial charge in [0, 0.05) is 30.9 Å². The molecular formula is C13H16FNO2. The zero-order chi connectivity index (χ0) is 12.3. The number of piperidine rings is 1. The molecule has 3 nitrogen and oxygen atoms in total. The summed E-state index contributed by atoms with van der Waals surface area (Å²) in [5, 5.41) is 9.15. The lowest BCUT2D eigenvalue weighted by molar-refractivity contribution is 0.112. The molecule has 1 aliphatic rings. The molecule has 0 amide bonds. The molecule has 1 aromatic carbocycles. The standard InChI is InChI=1S/C13H16FNO2/c14-12-4-11(9-17)5-13(6-12)15-3-1-2-10(7-15)8-16/h4-6,9-10,16H,1-3,7-8H2. The van der Waals surface area contributed by atoms with Gasteiger partial charge in [-0.05, 0) is 37.0 Å². The first kappa shape index (κ1) is 12.0. The highest BCUT2D eigenvalue weighted by Crippen LogP contribution is 2.24. The van der Waals surface area contributed by atoms with Crippen molar-refractivity contribution in [2.45, 2.75) is 12.8 Å². The van der Waals surface area contributed by atoms with Crippen LogP contribution < -0.4 is 4.90 Å². The average molecular weight is 237 g/mol. The number of aliphatic hydroxyl groups is 1. The zero-order valence-corrected chi connectivity index (χ0v) is 9.60. The maximum absolute atomic E-state index is 13.3. The van der Waals surface area contributed by atoms with Crippen molar-refractivity contribution < 1.29 is 14.3 Å². The predicted octanol–water partition coefficient (Wildman–Crippen LogP) is 1.85. The van der Waals surface area contributed by atoms with Crippen LogP contribution >= 0.6 is 0 Å². The topological polar surface area (TPSA) is 40.5 Å². The molecule has 0 aliphatic carbocycles. The van der Waals surface area contributed by atoms with Gasteiger partial charge in [-0.15, -0.1) is 0 Å². The second-order valence-electron chi connectivity index (χ2n) is 4.50. The molecule has 92 valence electrons. The molecule has 0 aromatic heterocycles. The van der Waals surface area contributed by atoms with Crippen molar-refractivity contribution in [1.82, 2.24) is 0 Å². The number of anilines is 1. The Hall–Kier alpha value is -1.42. The molecule has 2 rings (SSSR count). The Morgan fingerprint density at radius 2 is 2.29 bits per heavy atom. The third-order valence-corrected chi connectivity index (χ3v) is 3.18. The first-order valence-electron chi connectivity index (χ1n) is 5.84. The van der Waals surface area contributed by atoms with Gasteiger partial charge in [0.15, 0.2) is 0 Å². The van der Waals surface area contributed by atoms with E-state index in [1.165, 1.54) is 12.1 Å². The van der Waals surface area contributed by atoms with Gasteiger partial charge in [-0.2, -0.15) is 0 Å². The molecule has 1 aliphatic heterocycles. The van der Waals surface area contributed by atoms with E-state index in [2.05, 4.69) is 0 Å². The van der Waals surface area contributed by atoms with Crippen LogP contribution in [-0.4, -0.2) is 31.1 Å². The SMILES string of the molecule is O=Cc1cc(F)cc(N2CCCC(CO)C2)c1. The van der Waals surface area contributed by atoms with Crippen molar-refractivity contribution in [3.63, 3.8) is 0 Å². The van der Waals surface area contributed by atoms with Gasteiger partial charge in [0.05, 0.1) is 0 Å². The summed E-state index contributed by atoms with van der Waals surface area (Å²) in [6.07, 6.45) is 2.64. The Bertz CT molecular complexity index is 408. The lowest BCUT2D eigenvalue weighted by Gasteiger charge is -2.33. The maximum Gasteiger partial charge on any atom is 0.150 e. The van der Waals surface area contributed by atoms with Crippen LogP contribution in [0.5, 0.6) is 0 Å². The summed E-state index contributed by atoms with van der Waals surface area (Å²) in [6, 6.07) is 4.35. The van der Waals surface area contributed by atoms with E-state index in [4.69, 9.17) is 5.11 Å². The van der Waals surface area contributed by atoms with Crippen molar-refractivity contribution in [3.05, 3.63) is 29.6 Å². The number of halogens is 1. The first-order chi connectivity index (χ1) is 8.22. The van der Waals surface area contributed by atoms with E-state index < -0.39 is 5.82 Å². The molecule has 1 unspecified atom stereocenters. The van der Waals surface area contributed by atoms with Gasteiger partial charge in [-0.25, -0.2) is 4.39 Å². The highest BCUT2D eigenvalue weighted by atomic mass is 19.1. The number of rotatable bonds is 3. The number of nitrogens with zero attached hydrogens (tertiary/aromatic N) is 1. The second-order valence-corrected chi connectivity index (χ2v) is 4.50.